The zero-order valence-electron chi connectivity index (χ0n) is 16.1. The summed E-state index contributed by atoms with van der Waals surface area (Å²) in [5.74, 6) is -0.162. The SMILES string of the molecule is CN(CCNC(=O)c1cn(C2CCC(N)CC2)nn1)CCc1ccccc1. The Bertz CT molecular complexity index is 708. The average molecular weight is 371 g/mol. The minimum Gasteiger partial charge on any atom is -0.349 e. The number of nitrogens with one attached hydrogen (secondary N) is 1. The molecule has 1 aromatic heterocycles. The van der Waals surface area contributed by atoms with Crippen molar-refractivity contribution in [2.24, 2.45) is 5.73 Å². The van der Waals surface area contributed by atoms with Crippen molar-refractivity contribution < 1.29 is 4.79 Å². The number of likely N-dealkylation sites (N-methyl/N-ethyl adjacent to an activating group) is 1. The number of aromatic nitrogens is 3. The lowest BCUT2D eigenvalue weighted by molar-refractivity contribution is 0.0945. The molecule has 0 saturated heterocycles. The van der Waals surface area contributed by atoms with E-state index in [1.807, 2.05) is 10.7 Å². The predicted octanol–water partition coefficient (Wildman–Crippen LogP) is 1.62. The maximum Gasteiger partial charge on any atom is 0.273 e. The Balaban J connectivity index is 1.38. The molecule has 7 heteroatoms. The van der Waals surface area contributed by atoms with Crippen molar-refractivity contribution in [1.82, 2.24) is 25.2 Å². The molecule has 146 valence electrons. The second-order valence-corrected chi connectivity index (χ2v) is 7.45. The van der Waals surface area contributed by atoms with Crippen LogP contribution in [-0.2, 0) is 6.42 Å². The molecule has 1 saturated carbocycles. The number of hydrogen-bond acceptors (Lipinski definition) is 5. The van der Waals surface area contributed by atoms with Crippen molar-refractivity contribution in [3.8, 4) is 0 Å². The molecule has 1 aromatic carbocycles. The molecule has 0 unspecified atom stereocenters. The Labute approximate surface area is 160 Å². The zero-order valence-corrected chi connectivity index (χ0v) is 16.1. The van der Waals surface area contributed by atoms with Gasteiger partial charge in [-0.1, -0.05) is 35.5 Å². The monoisotopic (exact) mass is 370 g/mol. The third kappa shape index (κ3) is 5.87. The first kappa shape index (κ1) is 19.5. The summed E-state index contributed by atoms with van der Waals surface area (Å²) in [6.07, 6.45) is 6.76. The van der Waals surface area contributed by atoms with Crippen LogP contribution in [0.2, 0.25) is 0 Å². The second kappa shape index (κ2) is 9.62. The van der Waals surface area contributed by atoms with Gasteiger partial charge in [0.15, 0.2) is 5.69 Å². The van der Waals surface area contributed by atoms with Crippen LogP contribution in [-0.4, -0.2) is 58.5 Å². The molecule has 1 heterocycles. The molecule has 1 fully saturated rings. The lowest BCUT2D eigenvalue weighted by Gasteiger charge is -2.25. The van der Waals surface area contributed by atoms with Gasteiger partial charge in [0.2, 0.25) is 0 Å². The molecule has 1 aliphatic carbocycles. The van der Waals surface area contributed by atoms with E-state index < -0.39 is 0 Å². The Morgan fingerprint density at radius 1 is 1.22 bits per heavy atom. The van der Waals surface area contributed by atoms with Crippen molar-refractivity contribution in [3.05, 3.63) is 47.8 Å². The summed E-state index contributed by atoms with van der Waals surface area (Å²) in [4.78, 5) is 14.5. The van der Waals surface area contributed by atoms with Crippen LogP contribution in [0.15, 0.2) is 36.5 Å². The molecule has 3 N–H and O–H groups in total. The molecule has 3 rings (SSSR count). The van der Waals surface area contributed by atoms with Gasteiger partial charge in [0.25, 0.3) is 5.91 Å². The highest BCUT2D eigenvalue weighted by molar-refractivity contribution is 5.91. The van der Waals surface area contributed by atoms with Gasteiger partial charge >= 0.3 is 0 Å². The second-order valence-electron chi connectivity index (χ2n) is 7.45. The Morgan fingerprint density at radius 3 is 2.70 bits per heavy atom. The van der Waals surface area contributed by atoms with Crippen LogP contribution in [0.1, 0.15) is 47.8 Å². The highest BCUT2D eigenvalue weighted by atomic mass is 16.2. The number of amides is 1. The van der Waals surface area contributed by atoms with Gasteiger partial charge in [-0.3, -0.25) is 4.79 Å². The quantitative estimate of drug-likeness (QED) is 0.737. The van der Waals surface area contributed by atoms with Crippen molar-refractivity contribution >= 4 is 5.91 Å². The van der Waals surface area contributed by atoms with E-state index in [0.29, 0.717) is 24.3 Å². The van der Waals surface area contributed by atoms with E-state index in [1.165, 1.54) is 5.56 Å². The summed E-state index contributed by atoms with van der Waals surface area (Å²) in [6.45, 7) is 2.35. The first-order valence-corrected chi connectivity index (χ1v) is 9.80. The van der Waals surface area contributed by atoms with Crippen LogP contribution in [0.4, 0.5) is 0 Å². The molecule has 2 aromatic rings. The van der Waals surface area contributed by atoms with Gasteiger partial charge < -0.3 is 16.0 Å². The highest BCUT2D eigenvalue weighted by Gasteiger charge is 2.22. The van der Waals surface area contributed by atoms with Crippen molar-refractivity contribution in [3.63, 3.8) is 0 Å². The molecule has 1 amide bonds. The molecule has 7 nitrogen and oxygen atoms in total. The number of hydrogen-bond donors (Lipinski definition) is 2. The van der Waals surface area contributed by atoms with E-state index in [9.17, 15) is 4.79 Å². The van der Waals surface area contributed by atoms with Gasteiger partial charge in [-0.15, -0.1) is 5.10 Å². The van der Waals surface area contributed by atoms with Crippen molar-refractivity contribution in [2.45, 2.75) is 44.2 Å². The van der Waals surface area contributed by atoms with E-state index in [0.717, 1.165) is 45.2 Å². The summed E-state index contributed by atoms with van der Waals surface area (Å²) >= 11 is 0. The van der Waals surface area contributed by atoms with E-state index in [-0.39, 0.29) is 5.91 Å². The molecule has 1 aliphatic rings. The first-order valence-electron chi connectivity index (χ1n) is 9.80. The van der Waals surface area contributed by atoms with Gasteiger partial charge in [0.1, 0.15) is 0 Å². The minimum atomic E-state index is -0.162. The molecule has 0 spiro atoms. The van der Waals surface area contributed by atoms with Crippen molar-refractivity contribution in [1.29, 1.82) is 0 Å². The molecule has 27 heavy (non-hydrogen) atoms. The van der Waals surface area contributed by atoms with E-state index in [4.69, 9.17) is 5.73 Å². The highest BCUT2D eigenvalue weighted by Crippen LogP contribution is 2.26. The van der Waals surface area contributed by atoms with Crippen LogP contribution in [0.25, 0.3) is 0 Å². The Hall–Kier alpha value is -2.25. The zero-order chi connectivity index (χ0) is 19.1. The molecule has 0 atom stereocenters. The van der Waals surface area contributed by atoms with Gasteiger partial charge in [0.05, 0.1) is 12.2 Å². The van der Waals surface area contributed by atoms with Gasteiger partial charge in [0, 0.05) is 25.7 Å². The van der Waals surface area contributed by atoms with Crippen LogP contribution in [0.3, 0.4) is 0 Å². The normalized spacial score (nSPS) is 20.0. The third-order valence-electron chi connectivity index (χ3n) is 5.26. The fourth-order valence-corrected chi connectivity index (χ4v) is 3.45. The number of benzene rings is 1. The van der Waals surface area contributed by atoms with Gasteiger partial charge in [-0.05, 0) is 44.7 Å². The maximum absolute atomic E-state index is 12.3. The first-order chi connectivity index (χ1) is 13.1. The van der Waals surface area contributed by atoms with E-state index in [2.05, 4.69) is 51.8 Å². The number of nitrogens with two attached hydrogens (primary N) is 1. The van der Waals surface area contributed by atoms with E-state index >= 15 is 0 Å². The summed E-state index contributed by atoms with van der Waals surface area (Å²) in [5, 5.41) is 11.1. The number of rotatable bonds is 8. The third-order valence-corrected chi connectivity index (χ3v) is 5.26. The molecular weight excluding hydrogens is 340 g/mol. The lowest BCUT2D eigenvalue weighted by atomic mass is 9.92. The molecule has 0 bridgehead atoms. The van der Waals surface area contributed by atoms with Crippen LogP contribution < -0.4 is 11.1 Å². The predicted molar refractivity (Wildman–Crippen MR) is 105 cm³/mol. The summed E-state index contributed by atoms with van der Waals surface area (Å²) in [6, 6.07) is 11.0. The van der Waals surface area contributed by atoms with Crippen LogP contribution in [0.5, 0.6) is 0 Å². The smallest absolute Gasteiger partial charge is 0.273 e. The standard InChI is InChI=1S/C20H30N6O/c1-25(13-11-16-5-3-2-4-6-16)14-12-22-20(27)19-15-26(24-23-19)18-9-7-17(21)8-10-18/h2-6,15,17-18H,7-14,21H2,1H3,(H,22,27). The molecule has 0 aliphatic heterocycles. The summed E-state index contributed by atoms with van der Waals surface area (Å²) < 4.78 is 1.83. The van der Waals surface area contributed by atoms with E-state index in [1.54, 1.807) is 6.20 Å². The number of carbonyl (C=O) groups is 1. The maximum atomic E-state index is 12.3. The van der Waals surface area contributed by atoms with Gasteiger partial charge in [-0.2, -0.15) is 0 Å². The Morgan fingerprint density at radius 2 is 1.96 bits per heavy atom. The number of carbonyl (C=O) groups excluding carboxylic acids is 1. The molecular formula is C20H30N6O. The Kier molecular flexibility index (Phi) is 6.95. The fraction of sp³-hybridized carbons (Fsp3) is 0.550. The lowest BCUT2D eigenvalue weighted by Crippen LogP contribution is -2.34. The fourth-order valence-electron chi connectivity index (χ4n) is 3.45. The average Bonchev–Trinajstić information content (AvgIpc) is 3.18. The topological polar surface area (TPSA) is 89.1 Å². The van der Waals surface area contributed by atoms with Crippen LogP contribution in [0, 0.1) is 0 Å². The minimum absolute atomic E-state index is 0.162. The van der Waals surface area contributed by atoms with Gasteiger partial charge in [-0.25, -0.2) is 4.68 Å². The summed E-state index contributed by atoms with van der Waals surface area (Å²) in [5.41, 5.74) is 7.66. The largest absolute Gasteiger partial charge is 0.349 e. The summed E-state index contributed by atoms with van der Waals surface area (Å²) in [7, 11) is 2.07. The van der Waals surface area contributed by atoms with Crippen molar-refractivity contribution in [2.75, 3.05) is 26.7 Å². The molecule has 0 radical (unpaired) electrons. The number of nitrogens with zero attached hydrogens (tertiary/aromatic N) is 4. The van der Waals surface area contributed by atoms with Crippen LogP contribution >= 0.6 is 0 Å².